The van der Waals surface area contributed by atoms with Gasteiger partial charge in [-0.25, -0.2) is 4.98 Å². The molecule has 1 aromatic heterocycles. The Morgan fingerprint density at radius 1 is 1.23 bits per heavy atom. The predicted octanol–water partition coefficient (Wildman–Crippen LogP) is 1.62. The lowest BCUT2D eigenvalue weighted by Gasteiger charge is -2.30. The van der Waals surface area contributed by atoms with Crippen LogP contribution in [0.4, 0.5) is 11.5 Å². The minimum absolute atomic E-state index is 0.933. The number of benzene rings is 1. The Balaban J connectivity index is 1.93. The van der Waals surface area contributed by atoms with Gasteiger partial charge >= 0.3 is 0 Å². The van der Waals surface area contributed by atoms with Crippen LogP contribution in [0.1, 0.15) is 0 Å². The topological polar surface area (TPSA) is 43.4 Å². The third-order valence-electron chi connectivity index (χ3n) is 4.06. The van der Waals surface area contributed by atoms with E-state index in [0.717, 1.165) is 45.1 Å². The number of aromatic nitrogens is 1. The normalized spacial score (nSPS) is 15.5. The van der Waals surface area contributed by atoms with Crippen LogP contribution in [0.5, 0.6) is 0 Å². The number of fused-ring (bicyclic) bond motifs is 1. The van der Waals surface area contributed by atoms with E-state index >= 15 is 0 Å². The highest BCUT2D eigenvalue weighted by Gasteiger charge is 2.16. The molecule has 5 nitrogen and oxygen atoms in total. The molecule has 2 aromatic rings. The van der Waals surface area contributed by atoms with Crippen molar-refractivity contribution in [2.45, 2.75) is 0 Å². The summed E-state index contributed by atoms with van der Waals surface area (Å²) in [5.41, 5.74) is 1.18. The van der Waals surface area contributed by atoms with Gasteiger partial charge in [0.1, 0.15) is 5.82 Å². The third kappa shape index (κ3) is 3.31. The predicted molar refractivity (Wildman–Crippen MR) is 93.9 cm³/mol. The smallest absolute Gasteiger partial charge is 0.138 e. The lowest BCUT2D eigenvalue weighted by Crippen LogP contribution is -2.44. The number of nitrogens with one attached hydrogen (secondary N) is 2. The van der Waals surface area contributed by atoms with Gasteiger partial charge in [-0.1, -0.05) is 12.1 Å². The van der Waals surface area contributed by atoms with Crippen LogP contribution in [0.15, 0.2) is 30.5 Å². The van der Waals surface area contributed by atoms with Gasteiger partial charge in [0, 0.05) is 56.5 Å². The number of nitrogens with zero attached hydrogens (tertiary/aromatic N) is 3. The van der Waals surface area contributed by atoms with E-state index in [9.17, 15) is 0 Å². The third-order valence-corrected chi connectivity index (χ3v) is 4.06. The Labute approximate surface area is 132 Å². The lowest BCUT2D eigenvalue weighted by molar-refractivity contribution is 0.425. The van der Waals surface area contributed by atoms with Crippen molar-refractivity contribution in [1.82, 2.24) is 15.2 Å². The minimum Gasteiger partial charge on any atom is -0.383 e. The molecule has 0 saturated carbocycles. The maximum Gasteiger partial charge on any atom is 0.138 e. The monoisotopic (exact) mass is 299 g/mol. The Morgan fingerprint density at radius 2 is 2.05 bits per heavy atom. The van der Waals surface area contributed by atoms with Gasteiger partial charge < -0.3 is 20.4 Å². The second-order valence-corrected chi connectivity index (χ2v) is 6.01. The molecule has 0 amide bonds. The molecule has 5 heteroatoms. The molecular weight excluding hydrogens is 274 g/mol. The molecule has 0 radical (unpaired) electrons. The number of pyridine rings is 1. The van der Waals surface area contributed by atoms with E-state index in [1.165, 1.54) is 16.5 Å². The van der Waals surface area contributed by atoms with Gasteiger partial charge in [-0.3, -0.25) is 0 Å². The number of rotatable bonds is 5. The van der Waals surface area contributed by atoms with Crippen molar-refractivity contribution in [2.75, 3.05) is 63.6 Å². The zero-order valence-corrected chi connectivity index (χ0v) is 13.5. The van der Waals surface area contributed by atoms with Gasteiger partial charge in [-0.05, 0) is 31.6 Å². The Kier molecular flexibility index (Phi) is 4.75. The van der Waals surface area contributed by atoms with Crippen LogP contribution in [0.2, 0.25) is 0 Å². The van der Waals surface area contributed by atoms with Crippen LogP contribution >= 0.6 is 0 Å². The summed E-state index contributed by atoms with van der Waals surface area (Å²) in [4.78, 5) is 9.26. The average Bonchev–Trinajstić information content (AvgIpc) is 2.55. The maximum atomic E-state index is 4.68. The first kappa shape index (κ1) is 15.1. The van der Waals surface area contributed by atoms with Crippen molar-refractivity contribution in [1.29, 1.82) is 0 Å². The molecule has 1 aromatic carbocycles. The van der Waals surface area contributed by atoms with E-state index in [1.807, 2.05) is 6.20 Å². The molecule has 0 unspecified atom stereocenters. The zero-order valence-electron chi connectivity index (χ0n) is 13.5. The highest BCUT2D eigenvalue weighted by atomic mass is 15.2. The van der Waals surface area contributed by atoms with Gasteiger partial charge in [0.05, 0.1) is 0 Å². The van der Waals surface area contributed by atoms with Crippen LogP contribution < -0.4 is 15.5 Å². The second kappa shape index (κ2) is 6.94. The van der Waals surface area contributed by atoms with Crippen molar-refractivity contribution in [3.63, 3.8) is 0 Å². The number of hydrogen-bond donors (Lipinski definition) is 2. The van der Waals surface area contributed by atoms with Gasteiger partial charge in [-0.2, -0.15) is 0 Å². The molecule has 1 aliphatic heterocycles. The molecule has 2 heterocycles. The summed E-state index contributed by atoms with van der Waals surface area (Å²) in [5.74, 6) is 1.10. The standard InChI is InChI=1S/C17H25N5/c1-21(2)11-10-19-15-5-3-4-14-6-7-20-17(16(14)15)22-12-8-18-9-13-22/h3-7,18-19H,8-13H2,1-2H3. The summed E-state index contributed by atoms with van der Waals surface area (Å²) in [6.45, 7) is 6.01. The van der Waals surface area contributed by atoms with Crippen LogP contribution in [-0.4, -0.2) is 63.2 Å². The van der Waals surface area contributed by atoms with Crippen LogP contribution in [-0.2, 0) is 0 Å². The van der Waals surface area contributed by atoms with Crippen LogP contribution in [0.3, 0.4) is 0 Å². The average molecular weight is 299 g/mol. The molecule has 3 rings (SSSR count). The van der Waals surface area contributed by atoms with Gasteiger partial charge in [0.25, 0.3) is 0 Å². The molecule has 0 aliphatic carbocycles. The molecule has 2 N–H and O–H groups in total. The Hall–Kier alpha value is -1.85. The summed E-state index contributed by atoms with van der Waals surface area (Å²) in [5, 5.41) is 9.47. The van der Waals surface area contributed by atoms with Crippen molar-refractivity contribution in [3.8, 4) is 0 Å². The first-order valence-corrected chi connectivity index (χ1v) is 7.98. The summed E-state index contributed by atoms with van der Waals surface area (Å²) in [7, 11) is 4.19. The van der Waals surface area contributed by atoms with Crippen molar-refractivity contribution >= 4 is 22.3 Å². The summed E-state index contributed by atoms with van der Waals surface area (Å²) in [6, 6.07) is 8.53. The first-order chi connectivity index (χ1) is 10.8. The summed E-state index contributed by atoms with van der Waals surface area (Å²) in [6.07, 6.45) is 1.92. The van der Waals surface area contributed by atoms with Gasteiger partial charge in [-0.15, -0.1) is 0 Å². The van der Waals surface area contributed by atoms with E-state index in [2.05, 4.69) is 63.8 Å². The fourth-order valence-electron chi connectivity index (χ4n) is 2.89. The summed E-state index contributed by atoms with van der Waals surface area (Å²) < 4.78 is 0. The largest absolute Gasteiger partial charge is 0.383 e. The second-order valence-electron chi connectivity index (χ2n) is 6.01. The Bertz CT molecular complexity index is 614. The molecule has 118 valence electrons. The number of hydrogen-bond acceptors (Lipinski definition) is 5. The summed E-state index contributed by atoms with van der Waals surface area (Å²) >= 11 is 0. The molecule has 0 atom stereocenters. The number of anilines is 2. The van der Waals surface area contributed by atoms with E-state index in [-0.39, 0.29) is 0 Å². The molecule has 22 heavy (non-hydrogen) atoms. The SMILES string of the molecule is CN(C)CCNc1cccc2ccnc(N3CCNCC3)c12. The van der Waals surface area contributed by atoms with Crippen LogP contribution in [0.25, 0.3) is 10.8 Å². The molecule has 1 saturated heterocycles. The number of likely N-dealkylation sites (N-methyl/N-ethyl adjacent to an activating group) is 1. The van der Waals surface area contributed by atoms with E-state index < -0.39 is 0 Å². The fourth-order valence-corrected chi connectivity index (χ4v) is 2.89. The molecular formula is C17H25N5. The lowest BCUT2D eigenvalue weighted by atomic mass is 10.1. The van der Waals surface area contributed by atoms with Crippen molar-refractivity contribution in [2.24, 2.45) is 0 Å². The quantitative estimate of drug-likeness (QED) is 0.878. The Morgan fingerprint density at radius 3 is 2.82 bits per heavy atom. The van der Waals surface area contributed by atoms with Crippen molar-refractivity contribution in [3.05, 3.63) is 30.5 Å². The number of piperazine rings is 1. The van der Waals surface area contributed by atoms with E-state index in [0.29, 0.717) is 0 Å². The van der Waals surface area contributed by atoms with Crippen molar-refractivity contribution < 1.29 is 0 Å². The molecule has 0 spiro atoms. The fraction of sp³-hybridized carbons (Fsp3) is 0.471. The molecule has 0 bridgehead atoms. The highest BCUT2D eigenvalue weighted by molar-refractivity contribution is 6.01. The minimum atomic E-state index is 0.933. The molecule has 1 aliphatic rings. The van der Waals surface area contributed by atoms with E-state index in [4.69, 9.17) is 0 Å². The van der Waals surface area contributed by atoms with Gasteiger partial charge in [0.2, 0.25) is 0 Å². The maximum absolute atomic E-state index is 4.68. The molecule has 1 fully saturated rings. The zero-order chi connectivity index (χ0) is 15.4. The van der Waals surface area contributed by atoms with Gasteiger partial charge in [0.15, 0.2) is 0 Å². The first-order valence-electron chi connectivity index (χ1n) is 7.98. The highest BCUT2D eigenvalue weighted by Crippen LogP contribution is 2.31. The van der Waals surface area contributed by atoms with Crippen LogP contribution in [0, 0.1) is 0 Å². The van der Waals surface area contributed by atoms with E-state index in [1.54, 1.807) is 0 Å².